The predicted molar refractivity (Wildman–Crippen MR) is 207 cm³/mol. The fraction of sp³-hybridized carbons (Fsp3) is 0.488. The van der Waals surface area contributed by atoms with E-state index in [1.807, 2.05) is 27.7 Å². The van der Waals surface area contributed by atoms with E-state index in [4.69, 9.17) is 4.74 Å². The van der Waals surface area contributed by atoms with Crippen molar-refractivity contribution in [2.45, 2.75) is 116 Å². The molecule has 1 N–H and O–H groups in total. The second kappa shape index (κ2) is 27.1. The number of amides is 2. The summed E-state index contributed by atoms with van der Waals surface area (Å²) in [6, 6.07) is 5.05. The van der Waals surface area contributed by atoms with Gasteiger partial charge in [0.25, 0.3) is 0 Å². The molecule has 8 heteroatoms. The van der Waals surface area contributed by atoms with Crippen molar-refractivity contribution >= 4 is 29.5 Å². The Labute approximate surface area is 299 Å². The maximum absolute atomic E-state index is 13.7. The number of nitrogens with one attached hydrogen (secondary N) is 1. The van der Waals surface area contributed by atoms with Crippen molar-refractivity contribution in [3.63, 3.8) is 0 Å². The summed E-state index contributed by atoms with van der Waals surface area (Å²) in [6.07, 6.45) is 35.7. The first-order chi connectivity index (χ1) is 23.7. The maximum Gasteiger partial charge on any atom is 0.334 e. The molecule has 0 aliphatic heterocycles. The fourth-order valence-corrected chi connectivity index (χ4v) is 6.19. The minimum atomic E-state index is -1.02. The van der Waals surface area contributed by atoms with Crippen LogP contribution < -0.4 is 10.1 Å². The molecule has 0 aromatic heterocycles. The zero-order valence-corrected chi connectivity index (χ0v) is 31.1. The Morgan fingerprint density at radius 2 is 1.31 bits per heavy atom. The molecule has 1 atom stereocenters. The van der Waals surface area contributed by atoms with Crippen LogP contribution in [0.1, 0.15) is 116 Å². The topological polar surface area (TPSA) is 102 Å². The summed E-state index contributed by atoms with van der Waals surface area (Å²) in [4.78, 5) is 49.6. The molecule has 0 radical (unpaired) electrons. The van der Waals surface area contributed by atoms with Crippen molar-refractivity contribution in [1.82, 2.24) is 5.32 Å². The van der Waals surface area contributed by atoms with Crippen molar-refractivity contribution in [3.8, 4) is 5.75 Å². The highest BCUT2D eigenvalue weighted by molar-refractivity contribution is 8.01. The summed E-state index contributed by atoms with van der Waals surface area (Å²) in [5.74, 6) is -1.05. The Kier molecular flexibility index (Phi) is 23.9. The van der Waals surface area contributed by atoms with Crippen molar-refractivity contribution in [2.75, 3.05) is 5.75 Å². The molecule has 0 fully saturated rings. The average molecular weight is 691 g/mol. The van der Waals surface area contributed by atoms with E-state index in [0.29, 0.717) is 19.3 Å². The minimum absolute atomic E-state index is 0.0545. The molecule has 0 aliphatic carbocycles. The lowest BCUT2D eigenvalue weighted by atomic mass is 9.98. The van der Waals surface area contributed by atoms with Crippen molar-refractivity contribution < 1.29 is 19.1 Å². The molecular formula is C41H58N2O5S. The fourth-order valence-electron chi connectivity index (χ4n) is 4.89. The monoisotopic (exact) mass is 690 g/mol. The molecule has 0 bridgehead atoms. The Bertz CT molecular complexity index is 1300. The Balaban J connectivity index is 2.51. The van der Waals surface area contributed by atoms with Crippen LogP contribution in [0, 0.1) is 10.8 Å². The number of benzene rings is 1. The highest BCUT2D eigenvalue weighted by atomic mass is 32.2. The van der Waals surface area contributed by atoms with Gasteiger partial charge in [0, 0.05) is 5.18 Å². The number of rotatable bonds is 25. The zero-order valence-electron chi connectivity index (χ0n) is 30.3. The number of nitrogens with zero attached hydrogens (tertiary/aromatic N) is 1. The molecule has 1 aromatic carbocycles. The summed E-state index contributed by atoms with van der Waals surface area (Å²) in [7, 11) is 0. The van der Waals surface area contributed by atoms with Gasteiger partial charge in [0.1, 0.15) is 11.8 Å². The summed E-state index contributed by atoms with van der Waals surface area (Å²) in [6.45, 7) is 10.0. The summed E-state index contributed by atoms with van der Waals surface area (Å²) in [5.41, 5.74) is -0.0978. The molecule has 7 nitrogen and oxygen atoms in total. The van der Waals surface area contributed by atoms with Crippen molar-refractivity contribution in [3.05, 3.63) is 108 Å². The number of para-hydroxylation sites is 1. The molecule has 0 saturated carbocycles. The molecule has 2 amide bonds. The third-order valence-electron chi connectivity index (χ3n) is 7.75. The van der Waals surface area contributed by atoms with Gasteiger partial charge in [0.15, 0.2) is 0 Å². The number of hydrogen-bond donors (Lipinski definition) is 1. The van der Waals surface area contributed by atoms with Gasteiger partial charge in [0.05, 0.1) is 10.3 Å². The number of thioether (sulfide) groups is 1. The van der Waals surface area contributed by atoms with Gasteiger partial charge in [-0.15, -0.1) is 16.7 Å². The van der Waals surface area contributed by atoms with Gasteiger partial charge < -0.3 is 10.1 Å². The lowest BCUT2D eigenvalue weighted by Crippen LogP contribution is -2.52. The van der Waals surface area contributed by atoms with Gasteiger partial charge in [-0.1, -0.05) is 120 Å². The van der Waals surface area contributed by atoms with Crippen LogP contribution in [0.15, 0.2) is 102 Å². The van der Waals surface area contributed by atoms with E-state index in [0.717, 1.165) is 57.1 Å². The standard InChI is InChI=1S/C41H58N2O5S/c1-6-9-10-11-12-13-14-15-16-17-18-19-20-21-22-23-24-25-26-29-32-49-41(7-2,8-3)40(46)42-36(33-34(4)5)39(45)48-37-31-28-27-30-35(37)38(44)43-47/h9-10,12-13,15-16,18-19,21-22,24-25,27-28,30-31,34,36H,6-8,11,14,17,20,23,26,29,32-33H2,1-5H3,(H,42,46). The Morgan fingerprint density at radius 1 is 0.796 bits per heavy atom. The van der Waals surface area contributed by atoms with Crippen LogP contribution >= 0.6 is 11.8 Å². The summed E-state index contributed by atoms with van der Waals surface area (Å²) >= 11 is 1.63. The van der Waals surface area contributed by atoms with Crippen LogP contribution in [0.2, 0.25) is 0 Å². The zero-order chi connectivity index (χ0) is 36.2. The molecule has 49 heavy (non-hydrogen) atoms. The van der Waals surface area contributed by atoms with Crippen molar-refractivity contribution in [2.24, 2.45) is 11.1 Å². The second-order valence-corrected chi connectivity index (χ2v) is 13.6. The number of nitroso groups, excluding NO2 is 1. The van der Waals surface area contributed by atoms with Crippen LogP contribution in [0.5, 0.6) is 5.75 Å². The predicted octanol–water partition coefficient (Wildman–Crippen LogP) is 10.8. The van der Waals surface area contributed by atoms with Crippen LogP contribution in [0.3, 0.4) is 0 Å². The molecule has 1 aromatic rings. The molecule has 0 spiro atoms. The average Bonchev–Trinajstić information content (AvgIpc) is 3.10. The van der Waals surface area contributed by atoms with E-state index >= 15 is 0 Å². The van der Waals surface area contributed by atoms with Gasteiger partial charge in [-0.25, -0.2) is 4.79 Å². The second-order valence-electron chi connectivity index (χ2n) is 12.1. The molecule has 0 saturated heterocycles. The third-order valence-corrected chi connectivity index (χ3v) is 9.56. The molecule has 1 unspecified atom stereocenters. The van der Waals surface area contributed by atoms with Gasteiger partial charge in [-0.2, -0.15) is 0 Å². The first-order valence-electron chi connectivity index (χ1n) is 17.8. The van der Waals surface area contributed by atoms with Gasteiger partial charge in [-0.3, -0.25) is 9.59 Å². The highest BCUT2D eigenvalue weighted by Gasteiger charge is 2.38. The van der Waals surface area contributed by atoms with Crippen molar-refractivity contribution in [1.29, 1.82) is 0 Å². The van der Waals surface area contributed by atoms with E-state index in [-0.39, 0.29) is 23.1 Å². The number of unbranched alkanes of at least 4 members (excludes halogenated alkanes) is 1. The van der Waals surface area contributed by atoms with E-state index in [9.17, 15) is 19.3 Å². The normalized spacial score (nSPS) is 13.2. The Morgan fingerprint density at radius 3 is 1.80 bits per heavy atom. The molecule has 268 valence electrons. The highest BCUT2D eigenvalue weighted by Crippen LogP contribution is 2.34. The minimum Gasteiger partial charge on any atom is -0.424 e. The van der Waals surface area contributed by atoms with Crippen LogP contribution in [0.4, 0.5) is 0 Å². The van der Waals surface area contributed by atoms with E-state index in [1.165, 1.54) is 12.1 Å². The Hall–Kier alpha value is -3.78. The maximum atomic E-state index is 13.7. The first kappa shape index (κ1) is 43.2. The SMILES string of the molecule is CCC=CCC=CCC=CCC=CCC=CCC=CCCCSC(CC)(CC)C(=O)NC(CC(C)C)C(=O)Oc1ccccc1C(=O)N=O. The van der Waals surface area contributed by atoms with Gasteiger partial charge in [-0.05, 0) is 94.4 Å². The van der Waals surface area contributed by atoms with Crippen LogP contribution in [-0.2, 0) is 9.59 Å². The molecular weight excluding hydrogens is 633 g/mol. The molecule has 0 aliphatic rings. The lowest BCUT2D eigenvalue weighted by molar-refractivity contribution is -0.140. The van der Waals surface area contributed by atoms with Crippen LogP contribution in [-0.4, -0.2) is 34.3 Å². The number of ether oxygens (including phenoxy) is 1. The molecule has 0 heterocycles. The summed E-state index contributed by atoms with van der Waals surface area (Å²) in [5, 5.41) is 5.40. The van der Waals surface area contributed by atoms with Gasteiger partial charge >= 0.3 is 11.9 Å². The van der Waals surface area contributed by atoms with E-state index < -0.39 is 22.7 Å². The number of allylic oxidation sites excluding steroid dienone is 12. The quantitative estimate of drug-likeness (QED) is 0.0360. The number of hydrogen-bond acceptors (Lipinski definition) is 6. The molecule has 1 rings (SSSR count). The van der Waals surface area contributed by atoms with Gasteiger partial charge in [0.2, 0.25) is 5.91 Å². The summed E-state index contributed by atoms with van der Waals surface area (Å²) < 4.78 is 4.84. The number of carbonyl (C=O) groups is 3. The number of carbonyl (C=O) groups excluding carboxylic acids is 3. The third kappa shape index (κ3) is 18.5. The number of esters is 1. The van der Waals surface area contributed by atoms with Crippen LogP contribution in [0.25, 0.3) is 0 Å². The first-order valence-corrected chi connectivity index (χ1v) is 18.8. The van der Waals surface area contributed by atoms with E-state index in [2.05, 4.69) is 90.3 Å². The lowest BCUT2D eigenvalue weighted by Gasteiger charge is -2.32. The van der Waals surface area contributed by atoms with E-state index in [1.54, 1.807) is 23.9 Å². The largest absolute Gasteiger partial charge is 0.424 e. The smallest absolute Gasteiger partial charge is 0.334 e.